The predicted octanol–water partition coefficient (Wildman–Crippen LogP) is 2.93. The van der Waals surface area contributed by atoms with Gasteiger partial charge in [0, 0.05) is 56.8 Å². The van der Waals surface area contributed by atoms with Crippen molar-refractivity contribution in [3.63, 3.8) is 0 Å². The highest BCUT2D eigenvalue weighted by Crippen LogP contribution is 2.35. The molecule has 0 saturated carbocycles. The molecule has 3 aliphatic heterocycles. The lowest BCUT2D eigenvalue weighted by atomic mass is 10.0. The van der Waals surface area contributed by atoms with Crippen LogP contribution in [0.25, 0.3) is 10.9 Å². The Bertz CT molecular complexity index is 2090. The van der Waals surface area contributed by atoms with Crippen LogP contribution in [0.3, 0.4) is 0 Å². The van der Waals surface area contributed by atoms with Gasteiger partial charge in [0.2, 0.25) is 11.8 Å². The van der Waals surface area contributed by atoms with E-state index >= 15 is 0 Å². The molecule has 1 unspecified atom stereocenters. The zero-order valence-electron chi connectivity index (χ0n) is 27.2. The molecule has 0 bridgehead atoms. The summed E-state index contributed by atoms with van der Waals surface area (Å²) < 4.78 is 46.5. The predicted molar refractivity (Wildman–Crippen MR) is 175 cm³/mol. The van der Waals surface area contributed by atoms with Crippen LogP contribution in [0.5, 0.6) is 5.75 Å². The first kappa shape index (κ1) is 33.6. The zero-order chi connectivity index (χ0) is 36.0. The van der Waals surface area contributed by atoms with E-state index in [-0.39, 0.29) is 35.4 Å². The first-order valence-electron chi connectivity index (χ1n) is 16.1. The summed E-state index contributed by atoms with van der Waals surface area (Å²) in [7, 11) is 1.40. The summed E-state index contributed by atoms with van der Waals surface area (Å²) >= 11 is 0. The standard InChI is InChI=1S/C34H31F3N8O6/c1-51-26-17-22-19(16-23(26)39-30(47)21-5-3-7-27(38-21)34(35,36)37)18-44(41-22)15-12-42-10-13-43(14-11-42)24-6-2-4-20-29(24)33(50)45(32(20)49)25-8-9-28(46)40-31(25)48/h2-7,16-18,25H,8-15H2,1H3,(H,39,47)(H,40,46,48). The molecule has 2 N–H and O–H groups in total. The molecule has 2 aromatic heterocycles. The van der Waals surface area contributed by atoms with Crippen LogP contribution in [0, 0.1) is 0 Å². The summed E-state index contributed by atoms with van der Waals surface area (Å²) in [5.74, 6) is -2.72. The number of benzene rings is 2. The highest BCUT2D eigenvalue weighted by atomic mass is 19.4. The lowest BCUT2D eigenvalue weighted by Gasteiger charge is -2.36. The third-order valence-corrected chi connectivity index (χ3v) is 9.20. The second-order valence-corrected chi connectivity index (χ2v) is 12.3. The number of anilines is 2. The number of imide groups is 2. The van der Waals surface area contributed by atoms with E-state index in [9.17, 15) is 37.1 Å². The van der Waals surface area contributed by atoms with Gasteiger partial charge in [-0.2, -0.15) is 18.3 Å². The Morgan fingerprint density at radius 3 is 2.49 bits per heavy atom. The first-order chi connectivity index (χ1) is 24.4. The highest BCUT2D eigenvalue weighted by molar-refractivity contribution is 6.25. The van der Waals surface area contributed by atoms with Gasteiger partial charge >= 0.3 is 6.18 Å². The van der Waals surface area contributed by atoms with Gasteiger partial charge in [-0.1, -0.05) is 12.1 Å². The molecular formula is C34H31F3N8O6. The van der Waals surface area contributed by atoms with E-state index in [4.69, 9.17) is 4.74 Å². The van der Waals surface area contributed by atoms with Crippen LogP contribution in [0.4, 0.5) is 24.5 Å². The van der Waals surface area contributed by atoms with Crippen molar-refractivity contribution in [3.05, 3.63) is 77.2 Å². The Morgan fingerprint density at radius 1 is 1.00 bits per heavy atom. The van der Waals surface area contributed by atoms with E-state index < -0.39 is 53.1 Å². The molecule has 17 heteroatoms. The van der Waals surface area contributed by atoms with Crippen molar-refractivity contribution in [3.8, 4) is 5.75 Å². The average molecular weight is 705 g/mol. The van der Waals surface area contributed by atoms with Crippen molar-refractivity contribution in [2.24, 2.45) is 0 Å². The molecular weight excluding hydrogens is 673 g/mol. The minimum absolute atomic E-state index is 0.0466. The number of methoxy groups -OCH3 is 1. The summed E-state index contributed by atoms with van der Waals surface area (Å²) in [5.41, 5.74) is 0.401. The van der Waals surface area contributed by atoms with Gasteiger partial charge in [0.25, 0.3) is 17.7 Å². The largest absolute Gasteiger partial charge is 0.494 e. The average Bonchev–Trinajstić information content (AvgIpc) is 3.63. The minimum atomic E-state index is -4.69. The summed E-state index contributed by atoms with van der Waals surface area (Å²) in [6, 6.07) is 10.4. The second kappa shape index (κ2) is 13.1. The summed E-state index contributed by atoms with van der Waals surface area (Å²) in [6.07, 6.45) is -2.76. The van der Waals surface area contributed by atoms with Gasteiger partial charge in [-0.05, 0) is 36.8 Å². The minimum Gasteiger partial charge on any atom is -0.494 e. The smallest absolute Gasteiger partial charge is 0.433 e. The number of hydrogen-bond donors (Lipinski definition) is 2. The number of pyridine rings is 1. The van der Waals surface area contributed by atoms with Crippen LogP contribution in [0.15, 0.2) is 54.7 Å². The number of piperidine rings is 1. The highest BCUT2D eigenvalue weighted by Gasteiger charge is 2.46. The van der Waals surface area contributed by atoms with Gasteiger partial charge in [-0.15, -0.1) is 0 Å². The fraction of sp³-hybridized carbons (Fsp3) is 0.324. The normalized spacial score (nSPS) is 18.3. The lowest BCUT2D eigenvalue weighted by molar-refractivity contribution is -0.141. The molecule has 1 atom stereocenters. The van der Waals surface area contributed by atoms with Gasteiger partial charge in [-0.25, -0.2) is 4.98 Å². The number of carbonyl (C=O) groups is 5. The van der Waals surface area contributed by atoms with Crippen molar-refractivity contribution in [1.82, 2.24) is 29.9 Å². The molecule has 0 spiro atoms. The number of alkyl halides is 3. The van der Waals surface area contributed by atoms with Crippen LogP contribution in [0.2, 0.25) is 0 Å². The van der Waals surface area contributed by atoms with Gasteiger partial charge in [0.15, 0.2) is 0 Å². The fourth-order valence-corrected chi connectivity index (χ4v) is 6.61. The van der Waals surface area contributed by atoms with E-state index in [1.165, 1.54) is 13.2 Å². The Balaban J connectivity index is 0.985. The maximum atomic E-state index is 13.5. The Labute approximate surface area is 288 Å². The number of amides is 5. The number of rotatable bonds is 8. The summed E-state index contributed by atoms with van der Waals surface area (Å²) in [5, 5.41) is 10.1. The van der Waals surface area contributed by atoms with E-state index in [0.29, 0.717) is 55.9 Å². The molecule has 2 saturated heterocycles. The van der Waals surface area contributed by atoms with E-state index in [1.54, 1.807) is 41.2 Å². The van der Waals surface area contributed by atoms with Crippen LogP contribution < -0.4 is 20.3 Å². The van der Waals surface area contributed by atoms with Crippen molar-refractivity contribution in [1.29, 1.82) is 0 Å². The van der Waals surface area contributed by atoms with Crippen molar-refractivity contribution in [2.75, 3.05) is 50.1 Å². The number of piperazine rings is 1. The van der Waals surface area contributed by atoms with E-state index in [1.807, 2.05) is 4.90 Å². The number of fused-ring (bicyclic) bond motifs is 2. The molecule has 0 aliphatic carbocycles. The molecule has 5 heterocycles. The van der Waals surface area contributed by atoms with Gasteiger partial charge in [0.05, 0.1) is 41.7 Å². The summed E-state index contributed by atoms with van der Waals surface area (Å²) in [4.78, 5) is 72.4. The van der Waals surface area contributed by atoms with Crippen molar-refractivity contribution >= 4 is 51.8 Å². The number of ether oxygens (including phenoxy) is 1. The molecule has 2 aromatic carbocycles. The van der Waals surface area contributed by atoms with Gasteiger partial charge in [-0.3, -0.25) is 43.8 Å². The number of carbonyl (C=O) groups excluding carboxylic acids is 5. The van der Waals surface area contributed by atoms with Gasteiger partial charge < -0.3 is 15.0 Å². The number of hydrogen-bond acceptors (Lipinski definition) is 10. The third kappa shape index (κ3) is 6.47. The third-order valence-electron chi connectivity index (χ3n) is 9.20. The Morgan fingerprint density at radius 2 is 1.76 bits per heavy atom. The molecule has 5 amide bonds. The number of aromatic nitrogens is 3. The molecule has 0 radical (unpaired) electrons. The Hall–Kier alpha value is -5.84. The molecule has 264 valence electrons. The first-order valence-corrected chi connectivity index (χ1v) is 16.1. The molecule has 4 aromatic rings. The molecule has 3 aliphatic rings. The van der Waals surface area contributed by atoms with Crippen LogP contribution >= 0.6 is 0 Å². The molecule has 14 nitrogen and oxygen atoms in total. The monoisotopic (exact) mass is 704 g/mol. The van der Waals surface area contributed by atoms with E-state index in [0.717, 1.165) is 17.0 Å². The quantitative estimate of drug-likeness (QED) is 0.261. The van der Waals surface area contributed by atoms with Crippen LogP contribution in [-0.2, 0) is 22.3 Å². The zero-order valence-corrected chi connectivity index (χ0v) is 27.2. The summed E-state index contributed by atoms with van der Waals surface area (Å²) in [6.45, 7) is 3.67. The second-order valence-electron chi connectivity index (χ2n) is 12.3. The number of nitrogens with one attached hydrogen (secondary N) is 2. The maximum Gasteiger partial charge on any atom is 0.433 e. The number of nitrogens with zero attached hydrogens (tertiary/aromatic N) is 6. The topological polar surface area (TPSA) is 159 Å². The fourth-order valence-electron chi connectivity index (χ4n) is 6.61. The lowest BCUT2D eigenvalue weighted by Crippen LogP contribution is -2.54. The van der Waals surface area contributed by atoms with Crippen LogP contribution in [-0.4, -0.2) is 100.0 Å². The van der Waals surface area contributed by atoms with Crippen molar-refractivity contribution < 1.29 is 41.9 Å². The van der Waals surface area contributed by atoms with Crippen LogP contribution in [0.1, 0.15) is 49.7 Å². The molecule has 7 rings (SSSR count). The van der Waals surface area contributed by atoms with Gasteiger partial charge in [0.1, 0.15) is 23.2 Å². The molecule has 2 fully saturated rings. The molecule has 51 heavy (non-hydrogen) atoms. The van der Waals surface area contributed by atoms with Crippen molar-refractivity contribution in [2.45, 2.75) is 31.6 Å². The maximum absolute atomic E-state index is 13.5. The van der Waals surface area contributed by atoms with E-state index in [2.05, 4.69) is 25.6 Å². The Kier molecular flexibility index (Phi) is 8.66. The number of halogens is 3. The SMILES string of the molecule is COc1cc2nn(CCN3CCN(c4cccc5c4C(=O)N(C4CCC(=O)NC4=O)C5=O)CC3)cc2cc1NC(=O)c1cccc(C(F)(F)F)n1.